The Morgan fingerprint density at radius 1 is 1.17 bits per heavy atom. The van der Waals surface area contributed by atoms with Crippen LogP contribution in [0, 0.1) is 25.2 Å². The summed E-state index contributed by atoms with van der Waals surface area (Å²) in [5.41, 5.74) is 4.07. The highest BCUT2D eigenvalue weighted by molar-refractivity contribution is 6.05. The Hall–Kier alpha value is -3.92. The number of amides is 1. The molecule has 3 rings (SSSR count). The number of anilines is 1. The molecule has 0 atom stereocenters. The van der Waals surface area contributed by atoms with Crippen LogP contribution >= 0.6 is 0 Å². The lowest BCUT2D eigenvalue weighted by Crippen LogP contribution is -2.14. The Balaban J connectivity index is 1.87. The van der Waals surface area contributed by atoms with Gasteiger partial charge in [-0.1, -0.05) is 24.3 Å². The van der Waals surface area contributed by atoms with Crippen molar-refractivity contribution >= 4 is 17.6 Å². The molecule has 0 bridgehead atoms. The monoisotopic (exact) mass is 388 g/mol. The van der Waals surface area contributed by atoms with Crippen LogP contribution in [0.25, 0.3) is 0 Å². The highest BCUT2D eigenvalue weighted by Crippen LogP contribution is 2.22. The van der Waals surface area contributed by atoms with Crippen LogP contribution in [0.2, 0.25) is 0 Å². The largest absolute Gasteiger partial charge is 0.465 e. The van der Waals surface area contributed by atoms with Crippen molar-refractivity contribution in [2.24, 2.45) is 0 Å². The third kappa shape index (κ3) is 4.17. The normalized spacial score (nSPS) is 10.3. The van der Waals surface area contributed by atoms with Crippen LogP contribution in [0.1, 0.15) is 43.2 Å². The molecule has 0 aliphatic rings. The van der Waals surface area contributed by atoms with Crippen LogP contribution < -0.4 is 5.32 Å². The number of nitrogens with zero attached hydrogens (tertiary/aromatic N) is 3. The average molecular weight is 388 g/mol. The number of methoxy groups -OCH3 is 1. The zero-order valence-electron chi connectivity index (χ0n) is 16.4. The molecule has 2 aromatic carbocycles. The minimum atomic E-state index is -0.409. The van der Waals surface area contributed by atoms with Gasteiger partial charge in [-0.2, -0.15) is 10.4 Å². The van der Waals surface area contributed by atoms with Crippen molar-refractivity contribution in [2.75, 3.05) is 12.4 Å². The molecule has 0 fully saturated rings. The predicted octanol–water partition coefficient (Wildman–Crippen LogP) is 3.46. The molecule has 1 amide bonds. The molecular formula is C22H20N4O3. The Kier molecular flexibility index (Phi) is 5.74. The van der Waals surface area contributed by atoms with Crippen LogP contribution in [0.15, 0.2) is 48.5 Å². The molecule has 1 aromatic heterocycles. The van der Waals surface area contributed by atoms with E-state index in [1.54, 1.807) is 41.9 Å². The fourth-order valence-corrected chi connectivity index (χ4v) is 3.08. The Morgan fingerprint density at radius 3 is 2.66 bits per heavy atom. The van der Waals surface area contributed by atoms with Crippen molar-refractivity contribution < 1.29 is 14.3 Å². The molecule has 1 heterocycles. The van der Waals surface area contributed by atoms with Gasteiger partial charge in [0.25, 0.3) is 5.91 Å². The first-order valence-corrected chi connectivity index (χ1v) is 8.96. The first-order chi connectivity index (χ1) is 13.9. The predicted molar refractivity (Wildman–Crippen MR) is 108 cm³/mol. The van der Waals surface area contributed by atoms with E-state index in [1.165, 1.54) is 13.2 Å². The number of hydrogen-bond acceptors (Lipinski definition) is 5. The van der Waals surface area contributed by atoms with Crippen molar-refractivity contribution in [1.82, 2.24) is 9.78 Å². The number of ether oxygens (including phenoxy) is 1. The van der Waals surface area contributed by atoms with Crippen LogP contribution in [0.3, 0.4) is 0 Å². The maximum absolute atomic E-state index is 12.6. The number of carbonyl (C=O) groups excluding carboxylic acids is 2. The molecule has 1 N–H and O–H groups in total. The summed E-state index contributed by atoms with van der Waals surface area (Å²) in [6, 6.07) is 15.7. The van der Waals surface area contributed by atoms with Gasteiger partial charge in [0, 0.05) is 5.56 Å². The van der Waals surface area contributed by atoms with E-state index in [4.69, 9.17) is 10.00 Å². The summed E-state index contributed by atoms with van der Waals surface area (Å²) < 4.78 is 6.58. The molecule has 0 aliphatic carbocycles. The second-order valence-corrected chi connectivity index (χ2v) is 6.50. The number of rotatable bonds is 5. The molecule has 0 radical (unpaired) electrons. The number of hydrogen-bond donors (Lipinski definition) is 1. The molecule has 0 unspecified atom stereocenters. The molecule has 0 aliphatic heterocycles. The minimum absolute atomic E-state index is 0.317. The van der Waals surface area contributed by atoms with Crippen LogP contribution in [-0.2, 0) is 11.3 Å². The standard InChI is InChI=1S/C22H20N4O3/c1-14-20(24-21(27)17-9-6-7-16(11-17)12-23)15(2)26(25-14)13-18-8-4-5-10-19(18)22(28)29-3/h4-11H,13H2,1-3H3,(H,24,27). The van der Waals surface area contributed by atoms with E-state index >= 15 is 0 Å². The summed E-state index contributed by atoms with van der Waals surface area (Å²) in [7, 11) is 1.34. The van der Waals surface area contributed by atoms with Crippen molar-refractivity contribution in [3.8, 4) is 6.07 Å². The topological polar surface area (TPSA) is 97.0 Å². The quantitative estimate of drug-likeness (QED) is 0.675. The van der Waals surface area contributed by atoms with E-state index in [1.807, 2.05) is 25.1 Å². The second kappa shape index (κ2) is 8.40. The number of nitriles is 1. The minimum Gasteiger partial charge on any atom is -0.465 e. The van der Waals surface area contributed by atoms with E-state index < -0.39 is 5.97 Å². The Morgan fingerprint density at radius 2 is 1.93 bits per heavy atom. The van der Waals surface area contributed by atoms with Crippen LogP contribution in [-0.4, -0.2) is 28.8 Å². The summed E-state index contributed by atoms with van der Waals surface area (Å²) in [6.45, 7) is 4.01. The summed E-state index contributed by atoms with van der Waals surface area (Å²) in [5.74, 6) is -0.726. The summed E-state index contributed by atoms with van der Waals surface area (Å²) in [6.07, 6.45) is 0. The molecule has 0 spiro atoms. The lowest BCUT2D eigenvalue weighted by molar-refractivity contribution is 0.0599. The van der Waals surface area contributed by atoms with Gasteiger partial charge >= 0.3 is 5.97 Å². The van der Waals surface area contributed by atoms with Crippen molar-refractivity contribution in [2.45, 2.75) is 20.4 Å². The molecule has 7 heteroatoms. The highest BCUT2D eigenvalue weighted by Gasteiger charge is 2.18. The summed E-state index contributed by atoms with van der Waals surface area (Å²) in [5, 5.41) is 16.4. The van der Waals surface area contributed by atoms with E-state index in [0.717, 1.165) is 11.3 Å². The maximum Gasteiger partial charge on any atom is 0.338 e. The summed E-state index contributed by atoms with van der Waals surface area (Å²) >= 11 is 0. The van der Waals surface area contributed by atoms with Gasteiger partial charge in [-0.05, 0) is 43.7 Å². The molecule has 29 heavy (non-hydrogen) atoms. The molecule has 7 nitrogen and oxygen atoms in total. The zero-order chi connectivity index (χ0) is 21.0. The molecule has 146 valence electrons. The maximum atomic E-state index is 12.6. The van der Waals surface area contributed by atoms with Gasteiger partial charge in [-0.25, -0.2) is 4.79 Å². The Bertz CT molecular complexity index is 1130. The summed E-state index contributed by atoms with van der Waals surface area (Å²) in [4.78, 5) is 24.6. The van der Waals surface area contributed by atoms with Crippen LogP contribution in [0.4, 0.5) is 5.69 Å². The van der Waals surface area contributed by atoms with E-state index in [9.17, 15) is 9.59 Å². The van der Waals surface area contributed by atoms with Crippen molar-refractivity contribution in [1.29, 1.82) is 5.26 Å². The third-order valence-corrected chi connectivity index (χ3v) is 4.62. The van der Waals surface area contributed by atoms with Gasteiger partial charge in [-0.3, -0.25) is 9.48 Å². The van der Waals surface area contributed by atoms with Crippen molar-refractivity contribution in [3.63, 3.8) is 0 Å². The van der Waals surface area contributed by atoms with Gasteiger partial charge < -0.3 is 10.1 Å². The smallest absolute Gasteiger partial charge is 0.338 e. The number of aromatic nitrogens is 2. The molecule has 0 saturated heterocycles. The fourth-order valence-electron chi connectivity index (χ4n) is 3.08. The first-order valence-electron chi connectivity index (χ1n) is 8.96. The van der Waals surface area contributed by atoms with E-state index in [-0.39, 0.29) is 5.91 Å². The molecular weight excluding hydrogens is 368 g/mol. The SMILES string of the molecule is COC(=O)c1ccccc1Cn1nc(C)c(NC(=O)c2cccc(C#N)c2)c1C. The van der Waals surface area contributed by atoms with Gasteiger partial charge in [0.15, 0.2) is 0 Å². The van der Waals surface area contributed by atoms with Crippen molar-refractivity contribution in [3.05, 3.63) is 82.2 Å². The highest BCUT2D eigenvalue weighted by atomic mass is 16.5. The number of carbonyl (C=O) groups is 2. The zero-order valence-corrected chi connectivity index (χ0v) is 16.4. The lowest BCUT2D eigenvalue weighted by Gasteiger charge is -2.10. The molecule has 0 saturated carbocycles. The first kappa shape index (κ1) is 19.8. The van der Waals surface area contributed by atoms with E-state index in [2.05, 4.69) is 10.4 Å². The van der Waals surface area contributed by atoms with Crippen LogP contribution in [0.5, 0.6) is 0 Å². The third-order valence-electron chi connectivity index (χ3n) is 4.62. The number of esters is 1. The number of nitrogens with one attached hydrogen (secondary N) is 1. The number of benzene rings is 2. The van der Waals surface area contributed by atoms with Gasteiger partial charge in [0.2, 0.25) is 0 Å². The van der Waals surface area contributed by atoms with E-state index in [0.29, 0.717) is 34.6 Å². The lowest BCUT2D eigenvalue weighted by atomic mass is 10.1. The Labute approximate surface area is 168 Å². The second-order valence-electron chi connectivity index (χ2n) is 6.50. The fraction of sp³-hybridized carbons (Fsp3) is 0.182. The average Bonchev–Trinajstić information content (AvgIpc) is 3.00. The van der Waals surface area contributed by atoms with Gasteiger partial charge in [0.05, 0.1) is 47.9 Å². The number of aryl methyl sites for hydroxylation is 1. The van der Waals surface area contributed by atoms with Gasteiger partial charge in [0.1, 0.15) is 0 Å². The molecule has 3 aromatic rings. The van der Waals surface area contributed by atoms with Gasteiger partial charge in [-0.15, -0.1) is 0 Å².